The molecule has 9 heteroatoms. The van der Waals surface area contributed by atoms with Crippen LogP contribution >= 0.6 is 0 Å². The monoisotopic (exact) mass is 790 g/mol. The summed E-state index contributed by atoms with van der Waals surface area (Å²) in [6, 6.07) is 39.4. The molecular weight excluding hydrogens is 733 g/mol. The van der Waals surface area contributed by atoms with Gasteiger partial charge in [-0.3, -0.25) is 4.79 Å². The lowest BCUT2D eigenvalue weighted by atomic mass is 9.78. The predicted molar refractivity (Wildman–Crippen MR) is 233 cm³/mol. The van der Waals surface area contributed by atoms with Gasteiger partial charge in [0.25, 0.3) is 0 Å². The van der Waals surface area contributed by atoms with Crippen molar-refractivity contribution in [2.24, 2.45) is 0 Å². The Kier molecular flexibility index (Phi) is 15.3. The maximum atomic E-state index is 12.3. The van der Waals surface area contributed by atoms with Crippen molar-refractivity contribution in [3.05, 3.63) is 138 Å². The molecule has 0 unspecified atom stereocenters. The third kappa shape index (κ3) is 13.6. The Bertz CT molecular complexity index is 2000. The largest absolute Gasteiger partial charge is 0.519 e. The normalized spacial score (nSPS) is 11.5. The van der Waals surface area contributed by atoms with Gasteiger partial charge in [-0.05, 0) is 88.8 Å². The molecule has 0 spiro atoms. The Labute approximate surface area is 336 Å². The fraction of sp³-hybridized carbons (Fsp3) is 0.319. The molecule has 0 aromatic heterocycles. The summed E-state index contributed by atoms with van der Waals surface area (Å²) >= 11 is 0. The minimum atomic E-state index is -0.999. The molecule has 5 rings (SSSR count). The second-order valence-electron chi connectivity index (χ2n) is 16.5. The van der Waals surface area contributed by atoms with Gasteiger partial charge in [-0.15, -0.1) is 0 Å². The van der Waals surface area contributed by atoms with E-state index in [9.17, 15) is 9.59 Å². The van der Waals surface area contributed by atoms with Gasteiger partial charge in [-0.1, -0.05) is 131 Å². The SMILES string of the molecule is COc1ccc(C(C)(C)c2ccc(OC(=O)Oc3ccc(-c4ccc(OC(C)=O)cc4)cc3)cc2)cc1.COc1ccccc1CCC[Si](C)(C)C[Si](C)(C)C. The number of rotatable bonds is 14. The molecule has 296 valence electrons. The fourth-order valence-electron chi connectivity index (χ4n) is 7.12. The topological polar surface area (TPSA) is 80.3 Å². The first kappa shape index (κ1) is 43.6. The van der Waals surface area contributed by atoms with Crippen LogP contribution in [0.1, 0.15) is 43.9 Å². The summed E-state index contributed by atoms with van der Waals surface area (Å²) in [5.74, 6) is 2.73. The summed E-state index contributed by atoms with van der Waals surface area (Å²) in [7, 11) is 1.51. The van der Waals surface area contributed by atoms with E-state index in [0.29, 0.717) is 17.2 Å². The van der Waals surface area contributed by atoms with Crippen molar-refractivity contribution in [1.29, 1.82) is 0 Å². The quantitative estimate of drug-likeness (QED) is 0.0479. The van der Waals surface area contributed by atoms with Crippen molar-refractivity contribution in [3.8, 4) is 39.9 Å². The van der Waals surface area contributed by atoms with E-state index in [2.05, 4.69) is 64.8 Å². The molecule has 0 radical (unpaired) electrons. The van der Waals surface area contributed by atoms with E-state index in [1.807, 2.05) is 66.7 Å². The molecule has 5 aromatic carbocycles. The van der Waals surface area contributed by atoms with Crippen LogP contribution in [0.2, 0.25) is 44.4 Å². The van der Waals surface area contributed by atoms with Crippen molar-refractivity contribution in [2.75, 3.05) is 14.2 Å². The van der Waals surface area contributed by atoms with Gasteiger partial charge in [-0.25, -0.2) is 4.79 Å². The highest BCUT2D eigenvalue weighted by Gasteiger charge is 2.28. The molecule has 0 saturated heterocycles. The van der Waals surface area contributed by atoms with E-state index in [-0.39, 0.29) is 11.4 Å². The third-order valence-electron chi connectivity index (χ3n) is 9.59. The highest BCUT2D eigenvalue weighted by molar-refractivity contribution is 6.94. The zero-order chi connectivity index (χ0) is 40.9. The minimum absolute atomic E-state index is 0.242. The number of esters is 1. The van der Waals surface area contributed by atoms with E-state index in [0.717, 1.165) is 40.2 Å². The molecule has 0 fully saturated rings. The Morgan fingerprint density at radius 1 is 0.571 bits per heavy atom. The average Bonchev–Trinajstić information content (AvgIpc) is 3.15. The standard InChI is InChI=1S/C31H28O6.C16H30OSi2/c1-21(32)35-27-13-5-22(6-14-27)23-7-15-28(16-8-23)36-30(33)37-29-19-11-25(12-20-29)31(2,3)24-9-17-26(34-4)18-10-24;1-17-16-12-8-7-10-15(16)11-9-13-19(5,6)14-18(2,3)4/h5-20H,1-4H3;7-8,10,12H,9,11,13-14H2,1-6H3. The van der Waals surface area contributed by atoms with Gasteiger partial charge in [0.05, 0.1) is 14.2 Å². The molecule has 5 aromatic rings. The fourth-order valence-corrected chi connectivity index (χ4v) is 20.4. The number of methoxy groups -OCH3 is 2. The van der Waals surface area contributed by atoms with E-state index in [1.54, 1.807) is 56.3 Å². The number of carbonyl (C=O) groups excluding carboxylic acids is 2. The lowest BCUT2D eigenvalue weighted by molar-refractivity contribution is -0.131. The molecule has 0 aliphatic carbocycles. The average molecular weight is 791 g/mol. The van der Waals surface area contributed by atoms with E-state index in [1.165, 1.54) is 25.0 Å². The van der Waals surface area contributed by atoms with Crippen LogP contribution in [0.15, 0.2) is 121 Å². The number of ether oxygens (including phenoxy) is 5. The van der Waals surface area contributed by atoms with Gasteiger partial charge in [0, 0.05) is 28.5 Å². The highest BCUT2D eigenvalue weighted by atomic mass is 28.4. The van der Waals surface area contributed by atoms with Crippen LogP contribution in [0.3, 0.4) is 0 Å². The van der Waals surface area contributed by atoms with Crippen LogP contribution in [-0.2, 0) is 16.6 Å². The van der Waals surface area contributed by atoms with Gasteiger partial charge in [-0.2, -0.15) is 0 Å². The molecule has 0 N–H and O–H groups in total. The van der Waals surface area contributed by atoms with Crippen molar-refractivity contribution in [3.63, 3.8) is 0 Å². The summed E-state index contributed by atoms with van der Waals surface area (Å²) < 4.78 is 26.4. The van der Waals surface area contributed by atoms with E-state index >= 15 is 0 Å². The summed E-state index contributed by atoms with van der Waals surface area (Å²) in [5, 5.41) is 0. The van der Waals surface area contributed by atoms with Crippen LogP contribution < -0.4 is 23.7 Å². The summed E-state index contributed by atoms with van der Waals surface area (Å²) in [4.78, 5) is 23.4. The molecule has 7 nitrogen and oxygen atoms in total. The van der Waals surface area contributed by atoms with Crippen LogP contribution in [0, 0.1) is 0 Å². The molecule has 56 heavy (non-hydrogen) atoms. The second kappa shape index (κ2) is 19.6. The number of carbonyl (C=O) groups is 2. The number of benzene rings is 5. The van der Waals surface area contributed by atoms with E-state index < -0.39 is 22.3 Å². The van der Waals surface area contributed by atoms with Crippen molar-refractivity contribution < 1.29 is 33.3 Å². The summed E-state index contributed by atoms with van der Waals surface area (Å²) in [6.07, 6.45) is 1.65. The van der Waals surface area contributed by atoms with Gasteiger partial charge in [0.2, 0.25) is 0 Å². The molecule has 0 aliphatic rings. The summed E-state index contributed by atoms with van der Waals surface area (Å²) in [5.41, 5.74) is 6.75. The molecule has 0 heterocycles. The number of hydrogen-bond acceptors (Lipinski definition) is 7. The van der Waals surface area contributed by atoms with Crippen LogP contribution in [0.4, 0.5) is 4.79 Å². The lowest BCUT2D eigenvalue weighted by Gasteiger charge is -2.29. The zero-order valence-corrected chi connectivity index (χ0v) is 36.7. The van der Waals surface area contributed by atoms with Crippen molar-refractivity contribution >= 4 is 28.3 Å². The Balaban J connectivity index is 0.000000309. The van der Waals surface area contributed by atoms with Gasteiger partial charge in [0.15, 0.2) is 0 Å². The molecule has 0 atom stereocenters. The molecule has 0 aliphatic heterocycles. The van der Waals surface area contributed by atoms with Gasteiger partial charge >= 0.3 is 12.1 Å². The molecule has 0 amide bonds. The molecule has 0 saturated carbocycles. The first-order chi connectivity index (χ1) is 26.5. The smallest absolute Gasteiger partial charge is 0.497 e. The number of aryl methyl sites for hydroxylation is 1. The van der Waals surface area contributed by atoms with Gasteiger partial charge < -0.3 is 23.7 Å². The van der Waals surface area contributed by atoms with Gasteiger partial charge in [0.1, 0.15) is 28.7 Å². The first-order valence-corrected chi connectivity index (χ1v) is 26.3. The Morgan fingerprint density at radius 2 is 1.02 bits per heavy atom. The maximum Gasteiger partial charge on any atom is 0.519 e. The maximum absolute atomic E-state index is 12.3. The lowest BCUT2D eigenvalue weighted by Crippen LogP contribution is -2.37. The number of hydrogen-bond donors (Lipinski definition) is 0. The third-order valence-corrected chi connectivity index (χ3v) is 19.4. The first-order valence-electron chi connectivity index (χ1n) is 19.1. The van der Waals surface area contributed by atoms with E-state index in [4.69, 9.17) is 23.7 Å². The minimum Gasteiger partial charge on any atom is -0.497 e. The zero-order valence-electron chi connectivity index (χ0n) is 34.7. The molecule has 0 bridgehead atoms. The number of para-hydroxylation sites is 1. The predicted octanol–water partition coefficient (Wildman–Crippen LogP) is 12.4. The van der Waals surface area contributed by atoms with Crippen molar-refractivity contribution in [2.45, 2.75) is 83.5 Å². The van der Waals surface area contributed by atoms with Crippen LogP contribution in [0.5, 0.6) is 28.7 Å². The second-order valence-corrected chi connectivity index (χ2v) is 27.9. The van der Waals surface area contributed by atoms with Crippen LogP contribution in [-0.4, -0.2) is 42.5 Å². The summed E-state index contributed by atoms with van der Waals surface area (Å²) in [6.45, 7) is 18.3. The Morgan fingerprint density at radius 3 is 1.46 bits per heavy atom. The molecular formula is C47H58O7Si2. The van der Waals surface area contributed by atoms with Crippen LogP contribution in [0.25, 0.3) is 11.1 Å². The highest BCUT2D eigenvalue weighted by Crippen LogP contribution is 2.34. The Hall–Kier alpha value is -5.13. The van der Waals surface area contributed by atoms with Crippen molar-refractivity contribution in [1.82, 2.24) is 0 Å².